The minimum absolute atomic E-state index is 0.0964. The van der Waals surface area contributed by atoms with Gasteiger partial charge < -0.3 is 25.4 Å². The molecule has 2 aromatic rings. The molecule has 2 heterocycles. The molecule has 3 N–H and O–H groups in total. The van der Waals surface area contributed by atoms with Crippen LogP contribution in [0.2, 0.25) is 0 Å². The van der Waals surface area contributed by atoms with Gasteiger partial charge in [0.1, 0.15) is 11.9 Å². The number of halogens is 3. The number of nitrogens with zero attached hydrogens (tertiary/aromatic N) is 1. The number of carbonyl (C=O) groups is 3. The first kappa shape index (κ1) is 26.5. The average Bonchev–Trinajstić information content (AvgIpc) is 3.37. The SMILES string of the molecule is CCCC(=O)Nc1ccc(C(=O)Nc2cccc3c2C2CN(C(=O)C(C)(O)C(F)(F)F)CC2O3)cc1C. The fraction of sp³-hybridized carbons (Fsp3) is 0.423. The van der Waals surface area contributed by atoms with Crippen LogP contribution in [0, 0.1) is 6.92 Å². The third-order valence-electron chi connectivity index (χ3n) is 6.73. The predicted octanol–water partition coefficient (Wildman–Crippen LogP) is 3.99. The smallest absolute Gasteiger partial charge is 0.426 e. The Labute approximate surface area is 211 Å². The summed E-state index contributed by atoms with van der Waals surface area (Å²) in [5.41, 5.74) is -0.837. The molecule has 0 bridgehead atoms. The second-order valence-electron chi connectivity index (χ2n) is 9.54. The molecule has 0 saturated carbocycles. The number of aryl methyl sites for hydroxylation is 1. The van der Waals surface area contributed by atoms with Crippen LogP contribution in [0.25, 0.3) is 0 Å². The van der Waals surface area contributed by atoms with Gasteiger partial charge in [-0.05, 0) is 56.2 Å². The van der Waals surface area contributed by atoms with Crippen molar-refractivity contribution in [2.24, 2.45) is 0 Å². The number of nitrogens with one attached hydrogen (secondary N) is 2. The van der Waals surface area contributed by atoms with Gasteiger partial charge in [0.05, 0.1) is 6.54 Å². The topological polar surface area (TPSA) is 108 Å². The molecular weight excluding hydrogens is 491 g/mol. The molecule has 11 heteroatoms. The zero-order valence-corrected chi connectivity index (χ0v) is 20.6. The van der Waals surface area contributed by atoms with E-state index in [1.54, 1.807) is 43.3 Å². The van der Waals surface area contributed by atoms with Gasteiger partial charge in [-0.3, -0.25) is 14.4 Å². The Hall–Kier alpha value is -3.60. The summed E-state index contributed by atoms with van der Waals surface area (Å²) in [4.78, 5) is 38.4. The Morgan fingerprint density at radius 3 is 2.49 bits per heavy atom. The van der Waals surface area contributed by atoms with Crippen molar-refractivity contribution in [2.45, 2.75) is 57.4 Å². The second-order valence-corrected chi connectivity index (χ2v) is 9.54. The number of benzene rings is 2. The monoisotopic (exact) mass is 519 g/mol. The van der Waals surface area contributed by atoms with E-state index in [2.05, 4.69) is 10.6 Å². The van der Waals surface area contributed by atoms with Crippen LogP contribution in [0.15, 0.2) is 36.4 Å². The highest BCUT2D eigenvalue weighted by Crippen LogP contribution is 2.47. The first-order valence-electron chi connectivity index (χ1n) is 11.9. The van der Waals surface area contributed by atoms with Gasteiger partial charge in [-0.2, -0.15) is 13.2 Å². The zero-order valence-electron chi connectivity index (χ0n) is 20.6. The van der Waals surface area contributed by atoms with Crippen LogP contribution < -0.4 is 15.4 Å². The fourth-order valence-corrected chi connectivity index (χ4v) is 4.65. The lowest BCUT2D eigenvalue weighted by atomic mass is 9.96. The van der Waals surface area contributed by atoms with Crippen LogP contribution in [0.5, 0.6) is 5.75 Å². The molecular formula is C26H28F3N3O5. The number of likely N-dealkylation sites (tertiary alicyclic amines) is 1. The summed E-state index contributed by atoms with van der Waals surface area (Å²) >= 11 is 0. The van der Waals surface area contributed by atoms with E-state index in [0.717, 1.165) is 4.90 Å². The summed E-state index contributed by atoms with van der Waals surface area (Å²) in [6, 6.07) is 9.92. The molecule has 3 unspecified atom stereocenters. The van der Waals surface area contributed by atoms with Gasteiger partial charge in [0.25, 0.3) is 11.8 Å². The molecule has 8 nitrogen and oxygen atoms in total. The first-order chi connectivity index (χ1) is 17.3. The molecule has 2 aliphatic rings. The number of ether oxygens (including phenoxy) is 1. The third kappa shape index (κ3) is 5.00. The lowest BCUT2D eigenvalue weighted by Crippen LogP contribution is -2.55. The van der Waals surface area contributed by atoms with Crippen LogP contribution in [0.3, 0.4) is 0 Å². The van der Waals surface area contributed by atoms with E-state index >= 15 is 0 Å². The molecule has 1 fully saturated rings. The molecule has 0 aliphatic carbocycles. The molecule has 3 atom stereocenters. The molecule has 0 spiro atoms. The van der Waals surface area contributed by atoms with Gasteiger partial charge >= 0.3 is 6.18 Å². The number of aliphatic hydroxyl groups is 1. The normalized spacial score (nSPS) is 19.9. The Bertz CT molecular complexity index is 1240. The van der Waals surface area contributed by atoms with Gasteiger partial charge in [-0.15, -0.1) is 0 Å². The van der Waals surface area contributed by atoms with Crippen LogP contribution in [-0.4, -0.2) is 58.7 Å². The summed E-state index contributed by atoms with van der Waals surface area (Å²) in [5.74, 6) is -1.97. The van der Waals surface area contributed by atoms with Crippen molar-refractivity contribution < 1.29 is 37.4 Å². The number of rotatable bonds is 6. The number of hydrogen-bond donors (Lipinski definition) is 3. The number of carbonyl (C=O) groups excluding carboxylic acids is 3. The maximum absolute atomic E-state index is 13.2. The van der Waals surface area contributed by atoms with Gasteiger partial charge in [0, 0.05) is 41.4 Å². The fourth-order valence-electron chi connectivity index (χ4n) is 4.65. The summed E-state index contributed by atoms with van der Waals surface area (Å²) in [7, 11) is 0. The maximum atomic E-state index is 13.2. The van der Waals surface area contributed by atoms with Crippen molar-refractivity contribution in [3.05, 3.63) is 53.1 Å². The zero-order chi connectivity index (χ0) is 27.1. The van der Waals surface area contributed by atoms with Crippen molar-refractivity contribution in [3.63, 3.8) is 0 Å². The average molecular weight is 520 g/mol. The minimum Gasteiger partial charge on any atom is -0.487 e. The third-order valence-corrected chi connectivity index (χ3v) is 6.73. The Balaban J connectivity index is 1.51. The molecule has 0 aromatic heterocycles. The highest BCUT2D eigenvalue weighted by molar-refractivity contribution is 6.05. The van der Waals surface area contributed by atoms with Crippen molar-refractivity contribution in [3.8, 4) is 5.75 Å². The largest absolute Gasteiger partial charge is 0.487 e. The highest BCUT2D eigenvalue weighted by Gasteiger charge is 2.59. The Morgan fingerprint density at radius 2 is 1.84 bits per heavy atom. The van der Waals surface area contributed by atoms with Gasteiger partial charge in [-0.1, -0.05) is 13.0 Å². The lowest BCUT2D eigenvalue weighted by Gasteiger charge is -2.30. The Morgan fingerprint density at radius 1 is 1.11 bits per heavy atom. The van der Waals surface area contributed by atoms with Gasteiger partial charge in [-0.25, -0.2) is 0 Å². The molecule has 1 saturated heterocycles. The van der Waals surface area contributed by atoms with Crippen LogP contribution in [-0.2, 0) is 9.59 Å². The Kier molecular flexibility index (Phi) is 6.93. The molecule has 198 valence electrons. The summed E-state index contributed by atoms with van der Waals surface area (Å²) in [5, 5.41) is 15.5. The minimum atomic E-state index is -5.12. The quantitative estimate of drug-likeness (QED) is 0.535. The number of anilines is 2. The number of hydrogen-bond acceptors (Lipinski definition) is 5. The predicted molar refractivity (Wildman–Crippen MR) is 130 cm³/mol. The maximum Gasteiger partial charge on any atom is 0.426 e. The van der Waals surface area contributed by atoms with Crippen molar-refractivity contribution in [2.75, 3.05) is 23.7 Å². The molecule has 4 rings (SSSR count). The lowest BCUT2D eigenvalue weighted by molar-refractivity contribution is -0.249. The van der Waals surface area contributed by atoms with Crippen LogP contribution in [0.4, 0.5) is 24.5 Å². The van der Waals surface area contributed by atoms with E-state index in [9.17, 15) is 32.7 Å². The van der Waals surface area contributed by atoms with Crippen molar-refractivity contribution in [1.29, 1.82) is 0 Å². The standard InChI is InChI=1S/C26H28F3N3O5/c1-4-6-21(33)30-17-10-9-15(11-14(17)2)23(34)31-18-7-5-8-19-22(18)16-12-32(13-20(16)37-19)24(35)25(3,36)26(27,28)29/h5,7-11,16,20,36H,4,6,12-13H2,1-3H3,(H,30,33)(H,31,34). The van der Waals surface area contributed by atoms with E-state index in [1.165, 1.54) is 0 Å². The summed E-state index contributed by atoms with van der Waals surface area (Å²) < 4.78 is 45.4. The molecule has 2 aliphatic heterocycles. The van der Waals surface area contributed by atoms with E-state index in [1.807, 2.05) is 6.92 Å². The van der Waals surface area contributed by atoms with Crippen LogP contribution >= 0.6 is 0 Å². The van der Waals surface area contributed by atoms with E-state index < -0.39 is 35.6 Å². The van der Waals surface area contributed by atoms with E-state index in [4.69, 9.17) is 4.74 Å². The first-order valence-corrected chi connectivity index (χ1v) is 11.9. The second kappa shape index (κ2) is 9.70. The van der Waals surface area contributed by atoms with E-state index in [0.29, 0.717) is 53.6 Å². The van der Waals surface area contributed by atoms with E-state index in [-0.39, 0.29) is 19.0 Å². The molecule has 3 amide bonds. The number of amides is 3. The van der Waals surface area contributed by atoms with Gasteiger partial charge in [0.15, 0.2) is 0 Å². The number of alkyl halides is 3. The molecule has 37 heavy (non-hydrogen) atoms. The van der Waals surface area contributed by atoms with Crippen molar-refractivity contribution in [1.82, 2.24) is 4.90 Å². The molecule has 2 aromatic carbocycles. The summed E-state index contributed by atoms with van der Waals surface area (Å²) in [6.07, 6.45) is -4.62. The number of fused-ring (bicyclic) bond motifs is 3. The van der Waals surface area contributed by atoms with Crippen molar-refractivity contribution >= 4 is 29.1 Å². The van der Waals surface area contributed by atoms with Crippen LogP contribution in [0.1, 0.15) is 54.1 Å². The van der Waals surface area contributed by atoms with Gasteiger partial charge in [0.2, 0.25) is 11.5 Å². The highest BCUT2D eigenvalue weighted by atomic mass is 19.4. The molecule has 0 radical (unpaired) electrons. The summed E-state index contributed by atoms with van der Waals surface area (Å²) in [6.45, 7) is 3.90.